The first-order chi connectivity index (χ1) is 8.10. The third-order valence-corrected chi connectivity index (χ3v) is 3.89. The van der Waals surface area contributed by atoms with Gasteiger partial charge in [0.25, 0.3) is 0 Å². The molecule has 17 heavy (non-hydrogen) atoms. The number of nitrogens with zero attached hydrogens (tertiary/aromatic N) is 1. The number of nitrogens with one attached hydrogen (secondary N) is 1. The quantitative estimate of drug-likeness (QED) is 0.562. The molecule has 0 bridgehead atoms. The summed E-state index contributed by atoms with van der Waals surface area (Å²) in [6, 6.07) is 0. The Morgan fingerprint density at radius 3 is 2.94 bits per heavy atom. The molecular weight excluding hydrogens is 212 g/mol. The van der Waals surface area contributed by atoms with Crippen LogP contribution in [-0.4, -0.2) is 49.8 Å². The molecule has 0 aromatic carbocycles. The molecule has 1 aliphatic heterocycles. The summed E-state index contributed by atoms with van der Waals surface area (Å²) in [7, 11) is 0. The Morgan fingerprint density at radius 1 is 1.53 bits per heavy atom. The summed E-state index contributed by atoms with van der Waals surface area (Å²) in [5.41, 5.74) is 1.46. The van der Waals surface area contributed by atoms with Crippen LogP contribution in [0.15, 0.2) is 12.2 Å². The maximum absolute atomic E-state index is 5.58. The number of ether oxygens (including phenoxy) is 1. The normalized spacial score (nSPS) is 30.5. The Morgan fingerprint density at radius 2 is 2.29 bits per heavy atom. The van der Waals surface area contributed by atoms with Crippen molar-refractivity contribution in [3.05, 3.63) is 12.2 Å². The van der Waals surface area contributed by atoms with Gasteiger partial charge in [0.2, 0.25) is 0 Å². The van der Waals surface area contributed by atoms with Gasteiger partial charge in [0, 0.05) is 31.7 Å². The van der Waals surface area contributed by atoms with E-state index in [1.165, 1.54) is 19.4 Å². The summed E-state index contributed by atoms with van der Waals surface area (Å²) in [5.74, 6) is 0.904. The number of hydrogen-bond donors (Lipinski definition) is 1. The fourth-order valence-corrected chi connectivity index (χ4v) is 2.72. The molecule has 3 nitrogen and oxygen atoms in total. The molecule has 1 aliphatic carbocycles. The van der Waals surface area contributed by atoms with Crippen LogP contribution in [0.1, 0.15) is 26.7 Å². The van der Waals surface area contributed by atoms with Crippen LogP contribution < -0.4 is 5.32 Å². The molecule has 1 saturated heterocycles. The molecule has 1 heterocycles. The summed E-state index contributed by atoms with van der Waals surface area (Å²) >= 11 is 0. The lowest BCUT2D eigenvalue weighted by Gasteiger charge is -2.42. The van der Waals surface area contributed by atoms with Crippen LogP contribution in [0.4, 0.5) is 0 Å². The van der Waals surface area contributed by atoms with Gasteiger partial charge in [-0.2, -0.15) is 0 Å². The predicted octanol–water partition coefficient (Wildman–Crippen LogP) is 1.65. The molecule has 1 saturated carbocycles. The molecule has 0 amide bonds. The van der Waals surface area contributed by atoms with Gasteiger partial charge in [0.15, 0.2) is 0 Å². The smallest absolute Gasteiger partial charge is 0.0672 e. The van der Waals surface area contributed by atoms with Gasteiger partial charge in [-0.15, -0.1) is 0 Å². The Kier molecular flexibility index (Phi) is 4.23. The third-order valence-electron chi connectivity index (χ3n) is 3.89. The van der Waals surface area contributed by atoms with Crippen molar-refractivity contribution in [2.75, 3.05) is 39.4 Å². The molecule has 3 heteroatoms. The van der Waals surface area contributed by atoms with Gasteiger partial charge in [-0.3, -0.25) is 4.90 Å². The highest BCUT2D eigenvalue weighted by molar-refractivity contribution is 5.01. The summed E-state index contributed by atoms with van der Waals surface area (Å²) in [5, 5.41) is 3.70. The van der Waals surface area contributed by atoms with Crippen molar-refractivity contribution >= 4 is 0 Å². The Bertz CT molecular complexity index is 275. The first kappa shape index (κ1) is 13.1. The van der Waals surface area contributed by atoms with Crippen LogP contribution in [0, 0.1) is 5.92 Å². The van der Waals surface area contributed by atoms with Crippen LogP contribution in [-0.2, 0) is 4.74 Å². The van der Waals surface area contributed by atoms with Crippen LogP contribution in [0.5, 0.6) is 0 Å². The Labute approximate surface area is 105 Å². The second kappa shape index (κ2) is 5.51. The SMILES string of the molecule is C=C(C)COCCN1CCNC(C)(C2CC2)C1. The Balaban J connectivity index is 1.68. The van der Waals surface area contributed by atoms with Crippen molar-refractivity contribution in [1.29, 1.82) is 0 Å². The van der Waals surface area contributed by atoms with Gasteiger partial charge in [0.05, 0.1) is 13.2 Å². The second-order valence-electron chi connectivity index (χ2n) is 5.90. The maximum atomic E-state index is 5.58. The molecule has 1 N–H and O–H groups in total. The van der Waals surface area contributed by atoms with E-state index in [-0.39, 0.29) is 0 Å². The van der Waals surface area contributed by atoms with Gasteiger partial charge in [-0.25, -0.2) is 0 Å². The van der Waals surface area contributed by atoms with E-state index in [1.54, 1.807) is 0 Å². The lowest BCUT2D eigenvalue weighted by atomic mass is 9.93. The molecule has 1 unspecified atom stereocenters. The average molecular weight is 238 g/mol. The topological polar surface area (TPSA) is 24.5 Å². The largest absolute Gasteiger partial charge is 0.376 e. The molecular formula is C14H26N2O. The summed E-state index contributed by atoms with van der Waals surface area (Å²) in [4.78, 5) is 2.53. The molecule has 98 valence electrons. The van der Waals surface area contributed by atoms with E-state index >= 15 is 0 Å². The van der Waals surface area contributed by atoms with E-state index in [0.717, 1.165) is 37.7 Å². The molecule has 0 spiro atoms. The van der Waals surface area contributed by atoms with Crippen LogP contribution in [0.2, 0.25) is 0 Å². The highest BCUT2D eigenvalue weighted by Gasteiger charge is 2.43. The molecule has 0 aromatic heterocycles. The summed E-state index contributed by atoms with van der Waals surface area (Å²) < 4.78 is 5.58. The number of hydrogen-bond acceptors (Lipinski definition) is 3. The van der Waals surface area contributed by atoms with Gasteiger partial charge in [-0.05, 0) is 32.6 Å². The van der Waals surface area contributed by atoms with E-state index in [2.05, 4.69) is 23.7 Å². The van der Waals surface area contributed by atoms with Crippen molar-refractivity contribution in [3.8, 4) is 0 Å². The monoisotopic (exact) mass is 238 g/mol. The zero-order valence-corrected chi connectivity index (χ0v) is 11.3. The van der Waals surface area contributed by atoms with Crippen molar-refractivity contribution < 1.29 is 4.74 Å². The molecule has 0 aromatic rings. The highest BCUT2D eigenvalue weighted by Crippen LogP contribution is 2.40. The minimum atomic E-state index is 0.354. The standard InChI is InChI=1S/C14H26N2O/c1-12(2)10-17-9-8-16-7-6-15-14(3,11-16)13-4-5-13/h13,15H,1,4-11H2,2-3H3. The van der Waals surface area contributed by atoms with Gasteiger partial charge >= 0.3 is 0 Å². The average Bonchev–Trinajstić information content (AvgIpc) is 3.08. The third kappa shape index (κ3) is 3.80. The maximum Gasteiger partial charge on any atom is 0.0672 e. The lowest BCUT2D eigenvalue weighted by Crippen LogP contribution is -2.60. The van der Waals surface area contributed by atoms with E-state index in [1.807, 2.05) is 6.92 Å². The van der Waals surface area contributed by atoms with Crippen molar-refractivity contribution in [2.45, 2.75) is 32.2 Å². The zero-order chi connectivity index (χ0) is 12.3. The molecule has 2 aliphatic rings. The predicted molar refractivity (Wildman–Crippen MR) is 71.2 cm³/mol. The second-order valence-corrected chi connectivity index (χ2v) is 5.90. The van der Waals surface area contributed by atoms with E-state index < -0.39 is 0 Å². The fourth-order valence-electron chi connectivity index (χ4n) is 2.72. The zero-order valence-electron chi connectivity index (χ0n) is 11.3. The van der Waals surface area contributed by atoms with Crippen molar-refractivity contribution in [2.24, 2.45) is 5.92 Å². The van der Waals surface area contributed by atoms with Crippen molar-refractivity contribution in [1.82, 2.24) is 10.2 Å². The lowest BCUT2D eigenvalue weighted by molar-refractivity contribution is 0.0790. The van der Waals surface area contributed by atoms with Crippen molar-refractivity contribution in [3.63, 3.8) is 0 Å². The summed E-state index contributed by atoms with van der Waals surface area (Å²) in [6.45, 7) is 14.3. The number of rotatable bonds is 6. The first-order valence-electron chi connectivity index (χ1n) is 6.80. The van der Waals surface area contributed by atoms with Gasteiger partial charge in [0.1, 0.15) is 0 Å². The molecule has 1 atom stereocenters. The van der Waals surface area contributed by atoms with Gasteiger partial charge in [-0.1, -0.05) is 12.2 Å². The first-order valence-corrected chi connectivity index (χ1v) is 6.80. The van der Waals surface area contributed by atoms with E-state index in [9.17, 15) is 0 Å². The van der Waals surface area contributed by atoms with E-state index in [0.29, 0.717) is 12.1 Å². The number of piperazine rings is 1. The van der Waals surface area contributed by atoms with Crippen LogP contribution >= 0.6 is 0 Å². The minimum Gasteiger partial charge on any atom is -0.376 e. The highest BCUT2D eigenvalue weighted by atomic mass is 16.5. The van der Waals surface area contributed by atoms with Gasteiger partial charge < -0.3 is 10.1 Å². The van der Waals surface area contributed by atoms with E-state index in [4.69, 9.17) is 4.74 Å². The Hall–Kier alpha value is -0.380. The molecule has 0 radical (unpaired) electrons. The minimum absolute atomic E-state index is 0.354. The molecule has 2 rings (SSSR count). The van der Waals surface area contributed by atoms with Crippen LogP contribution in [0.3, 0.4) is 0 Å². The fraction of sp³-hybridized carbons (Fsp3) is 0.857. The molecule has 2 fully saturated rings. The van der Waals surface area contributed by atoms with Crippen LogP contribution in [0.25, 0.3) is 0 Å². The summed E-state index contributed by atoms with van der Waals surface area (Å²) in [6.07, 6.45) is 2.81.